The lowest BCUT2D eigenvalue weighted by Crippen LogP contribution is -2.35. The van der Waals surface area contributed by atoms with Crippen LogP contribution in [0.3, 0.4) is 0 Å². The van der Waals surface area contributed by atoms with Gasteiger partial charge in [0.25, 0.3) is 0 Å². The Morgan fingerprint density at radius 3 is 2.31 bits per heavy atom. The van der Waals surface area contributed by atoms with Gasteiger partial charge in [0.05, 0.1) is 5.02 Å². The maximum atomic E-state index is 13.1. The summed E-state index contributed by atoms with van der Waals surface area (Å²) < 4.78 is 13.1. The van der Waals surface area contributed by atoms with Gasteiger partial charge in [-0.2, -0.15) is 0 Å². The van der Waals surface area contributed by atoms with Gasteiger partial charge in [-0.3, -0.25) is 0 Å². The van der Waals surface area contributed by atoms with E-state index in [-0.39, 0.29) is 10.8 Å². The van der Waals surface area contributed by atoms with E-state index in [1.54, 1.807) is 12.1 Å². The quantitative estimate of drug-likeness (QED) is 0.848. The van der Waals surface area contributed by atoms with Crippen LogP contribution in [0.1, 0.15) is 32.3 Å². The average Bonchev–Trinajstić information content (AvgIpc) is 2.22. The van der Waals surface area contributed by atoms with Crippen molar-refractivity contribution >= 4 is 11.6 Å². The molecule has 0 fully saturated rings. The Morgan fingerprint density at radius 1 is 1.25 bits per heavy atom. The SMILES string of the molecule is CNC(C(C)C)C(C)c1ccc(F)c(Cl)c1. The fourth-order valence-corrected chi connectivity index (χ4v) is 2.35. The van der Waals surface area contributed by atoms with E-state index >= 15 is 0 Å². The third-order valence-corrected chi connectivity index (χ3v) is 3.35. The van der Waals surface area contributed by atoms with Gasteiger partial charge in [0.15, 0.2) is 0 Å². The molecule has 0 radical (unpaired) electrons. The number of benzene rings is 1. The van der Waals surface area contributed by atoms with Gasteiger partial charge in [-0.15, -0.1) is 0 Å². The summed E-state index contributed by atoms with van der Waals surface area (Å²) >= 11 is 5.79. The Kier molecular flexibility index (Phi) is 4.75. The zero-order valence-electron chi connectivity index (χ0n) is 10.2. The highest BCUT2D eigenvalue weighted by Gasteiger charge is 2.20. The molecule has 0 bridgehead atoms. The van der Waals surface area contributed by atoms with Gasteiger partial charge in [0, 0.05) is 6.04 Å². The first-order valence-corrected chi connectivity index (χ1v) is 5.97. The number of hydrogen-bond donors (Lipinski definition) is 1. The fourth-order valence-electron chi connectivity index (χ4n) is 2.16. The molecule has 16 heavy (non-hydrogen) atoms. The Labute approximate surface area is 102 Å². The van der Waals surface area contributed by atoms with Crippen LogP contribution < -0.4 is 5.32 Å². The third-order valence-electron chi connectivity index (χ3n) is 3.06. The molecule has 1 aromatic rings. The van der Waals surface area contributed by atoms with Crippen molar-refractivity contribution in [1.29, 1.82) is 0 Å². The van der Waals surface area contributed by atoms with Gasteiger partial charge in [-0.25, -0.2) is 4.39 Å². The number of hydrogen-bond acceptors (Lipinski definition) is 1. The Bertz CT molecular complexity index is 352. The van der Waals surface area contributed by atoms with Crippen molar-refractivity contribution in [2.75, 3.05) is 7.05 Å². The topological polar surface area (TPSA) is 12.0 Å². The molecule has 3 heteroatoms. The minimum Gasteiger partial charge on any atom is -0.316 e. The molecule has 0 heterocycles. The molecule has 0 aliphatic carbocycles. The van der Waals surface area contributed by atoms with E-state index in [4.69, 9.17) is 11.6 Å². The first-order chi connectivity index (χ1) is 7.47. The average molecular weight is 244 g/mol. The van der Waals surface area contributed by atoms with Crippen molar-refractivity contribution in [1.82, 2.24) is 5.32 Å². The van der Waals surface area contributed by atoms with Crippen LogP contribution in [0.4, 0.5) is 4.39 Å². The second kappa shape index (κ2) is 5.65. The van der Waals surface area contributed by atoms with E-state index in [1.165, 1.54) is 6.07 Å². The first-order valence-electron chi connectivity index (χ1n) is 5.59. The van der Waals surface area contributed by atoms with Gasteiger partial charge in [-0.1, -0.05) is 38.4 Å². The number of nitrogens with one attached hydrogen (secondary N) is 1. The van der Waals surface area contributed by atoms with Crippen LogP contribution in [-0.4, -0.2) is 13.1 Å². The maximum Gasteiger partial charge on any atom is 0.141 e. The Morgan fingerprint density at radius 2 is 1.88 bits per heavy atom. The van der Waals surface area contributed by atoms with Gasteiger partial charge < -0.3 is 5.32 Å². The molecule has 2 unspecified atom stereocenters. The first kappa shape index (κ1) is 13.5. The van der Waals surface area contributed by atoms with Crippen molar-refractivity contribution < 1.29 is 4.39 Å². The van der Waals surface area contributed by atoms with E-state index in [0.717, 1.165) is 5.56 Å². The monoisotopic (exact) mass is 243 g/mol. The molecule has 1 N–H and O–H groups in total. The van der Waals surface area contributed by atoms with Crippen LogP contribution in [0.2, 0.25) is 5.02 Å². The molecule has 1 aromatic carbocycles. The van der Waals surface area contributed by atoms with Gasteiger partial charge in [0.1, 0.15) is 5.82 Å². The van der Waals surface area contributed by atoms with E-state index in [9.17, 15) is 4.39 Å². The summed E-state index contributed by atoms with van der Waals surface area (Å²) in [6, 6.07) is 5.31. The van der Waals surface area contributed by atoms with Crippen molar-refractivity contribution in [2.45, 2.75) is 32.7 Å². The molecular formula is C13H19ClFN. The zero-order valence-corrected chi connectivity index (χ0v) is 11.0. The molecule has 0 saturated heterocycles. The van der Waals surface area contributed by atoms with Crippen molar-refractivity contribution in [3.05, 3.63) is 34.6 Å². The normalized spacial score (nSPS) is 15.2. The minimum absolute atomic E-state index is 0.197. The lowest BCUT2D eigenvalue weighted by molar-refractivity contribution is 0.376. The highest BCUT2D eigenvalue weighted by Crippen LogP contribution is 2.27. The standard InChI is InChI=1S/C13H19ClFN/c1-8(2)13(16-4)9(3)10-5-6-12(15)11(14)7-10/h5-9,13,16H,1-4H3. The Balaban J connectivity index is 2.94. The largest absolute Gasteiger partial charge is 0.316 e. The molecule has 0 amide bonds. The second-order valence-electron chi connectivity index (χ2n) is 4.52. The molecule has 2 atom stereocenters. The van der Waals surface area contributed by atoms with Crippen LogP contribution in [0, 0.1) is 11.7 Å². The van der Waals surface area contributed by atoms with E-state index in [0.29, 0.717) is 17.9 Å². The molecule has 0 saturated carbocycles. The van der Waals surface area contributed by atoms with Crippen LogP contribution in [0.25, 0.3) is 0 Å². The zero-order chi connectivity index (χ0) is 12.3. The molecular weight excluding hydrogens is 225 g/mol. The van der Waals surface area contributed by atoms with Crippen LogP contribution in [-0.2, 0) is 0 Å². The minimum atomic E-state index is -0.358. The summed E-state index contributed by atoms with van der Waals surface area (Å²) in [6.07, 6.45) is 0. The molecule has 0 spiro atoms. The van der Waals surface area contributed by atoms with Crippen molar-refractivity contribution in [3.8, 4) is 0 Å². The van der Waals surface area contributed by atoms with E-state index < -0.39 is 0 Å². The summed E-state index contributed by atoms with van der Waals surface area (Å²) in [5.41, 5.74) is 1.07. The maximum absolute atomic E-state index is 13.1. The molecule has 0 aromatic heterocycles. The van der Waals surface area contributed by atoms with Gasteiger partial charge in [0.2, 0.25) is 0 Å². The summed E-state index contributed by atoms with van der Waals surface area (Å²) in [7, 11) is 1.95. The smallest absolute Gasteiger partial charge is 0.141 e. The number of likely N-dealkylation sites (N-methyl/N-ethyl adjacent to an activating group) is 1. The lowest BCUT2D eigenvalue weighted by atomic mass is 9.86. The van der Waals surface area contributed by atoms with Gasteiger partial charge in [-0.05, 0) is 36.6 Å². The summed E-state index contributed by atoms with van der Waals surface area (Å²) in [4.78, 5) is 0. The van der Waals surface area contributed by atoms with Crippen molar-refractivity contribution in [3.63, 3.8) is 0 Å². The third kappa shape index (κ3) is 2.96. The van der Waals surface area contributed by atoms with E-state index in [2.05, 4.69) is 26.1 Å². The molecule has 0 aliphatic rings. The van der Waals surface area contributed by atoms with Crippen molar-refractivity contribution in [2.24, 2.45) is 5.92 Å². The summed E-state index contributed by atoms with van der Waals surface area (Å²) in [5.74, 6) is 0.468. The highest BCUT2D eigenvalue weighted by molar-refractivity contribution is 6.30. The molecule has 0 aliphatic heterocycles. The second-order valence-corrected chi connectivity index (χ2v) is 4.93. The Hall–Kier alpha value is -0.600. The lowest BCUT2D eigenvalue weighted by Gasteiger charge is -2.27. The molecule has 90 valence electrons. The summed E-state index contributed by atoms with van der Waals surface area (Å²) in [5, 5.41) is 3.49. The van der Waals surface area contributed by atoms with Crippen LogP contribution in [0.5, 0.6) is 0 Å². The predicted octanol–water partition coefficient (Wildman–Crippen LogP) is 3.83. The van der Waals surface area contributed by atoms with Gasteiger partial charge >= 0.3 is 0 Å². The number of halogens is 2. The summed E-state index contributed by atoms with van der Waals surface area (Å²) in [6.45, 7) is 6.47. The predicted molar refractivity (Wildman–Crippen MR) is 67.5 cm³/mol. The number of rotatable bonds is 4. The van der Waals surface area contributed by atoms with E-state index in [1.807, 2.05) is 7.05 Å². The fraction of sp³-hybridized carbons (Fsp3) is 0.538. The molecule has 1 rings (SSSR count). The molecule has 1 nitrogen and oxygen atoms in total. The highest BCUT2D eigenvalue weighted by atomic mass is 35.5. The van der Waals surface area contributed by atoms with Crippen LogP contribution in [0.15, 0.2) is 18.2 Å². The van der Waals surface area contributed by atoms with Crippen LogP contribution >= 0.6 is 11.6 Å².